The zero-order chi connectivity index (χ0) is 22.2. The maximum atomic E-state index is 12.6. The third-order valence-electron chi connectivity index (χ3n) is 4.17. The molecule has 2 aromatic carbocycles. The molecule has 9 nitrogen and oxygen atoms in total. The minimum Gasteiger partial charge on any atom is -0.495 e. The lowest BCUT2D eigenvalue weighted by Gasteiger charge is -2.10. The van der Waals surface area contributed by atoms with Crippen molar-refractivity contribution in [1.29, 1.82) is 0 Å². The Bertz CT molecular complexity index is 1080. The van der Waals surface area contributed by atoms with E-state index >= 15 is 0 Å². The first kappa shape index (κ1) is 21.9. The first-order chi connectivity index (χ1) is 15.0. The van der Waals surface area contributed by atoms with Crippen LogP contribution in [0.3, 0.4) is 0 Å². The minimum atomic E-state index is -0.580. The summed E-state index contributed by atoms with van der Waals surface area (Å²) in [4.78, 5) is 35.8. The average molecular weight is 441 g/mol. The van der Waals surface area contributed by atoms with Crippen molar-refractivity contribution in [2.24, 2.45) is 0 Å². The van der Waals surface area contributed by atoms with Crippen LogP contribution < -0.4 is 15.4 Å². The van der Waals surface area contributed by atoms with Gasteiger partial charge in [-0.15, -0.1) is 11.8 Å². The predicted molar refractivity (Wildman–Crippen MR) is 115 cm³/mol. The van der Waals surface area contributed by atoms with E-state index in [2.05, 4.69) is 10.6 Å². The molecule has 0 unspecified atom stereocenters. The van der Waals surface area contributed by atoms with Gasteiger partial charge in [-0.2, -0.15) is 0 Å². The van der Waals surface area contributed by atoms with E-state index in [1.165, 1.54) is 31.6 Å². The van der Waals surface area contributed by atoms with Gasteiger partial charge in [0, 0.05) is 11.6 Å². The number of carbonyl (C=O) groups is 2. The van der Waals surface area contributed by atoms with Crippen molar-refractivity contribution < 1.29 is 23.7 Å². The van der Waals surface area contributed by atoms with E-state index in [4.69, 9.17) is 9.15 Å². The molecule has 0 saturated carbocycles. The number of carbonyl (C=O) groups excluding carboxylic acids is 2. The van der Waals surface area contributed by atoms with Gasteiger partial charge in [0.05, 0.1) is 41.2 Å². The Balaban J connectivity index is 1.66. The Morgan fingerprint density at radius 2 is 1.97 bits per heavy atom. The monoisotopic (exact) mass is 441 g/mol. The fraction of sp³-hybridized carbons (Fsp3) is 0.143. The number of hydrogen-bond acceptors (Lipinski definition) is 7. The Morgan fingerprint density at radius 1 is 1.16 bits per heavy atom. The van der Waals surface area contributed by atoms with E-state index < -0.39 is 10.8 Å². The van der Waals surface area contributed by atoms with Crippen LogP contribution in [0.2, 0.25) is 0 Å². The average Bonchev–Trinajstić information content (AvgIpc) is 3.30. The number of hydrogen-bond donors (Lipinski definition) is 2. The van der Waals surface area contributed by atoms with Crippen LogP contribution in [-0.2, 0) is 11.3 Å². The van der Waals surface area contributed by atoms with Crippen LogP contribution >= 0.6 is 11.8 Å². The smallest absolute Gasteiger partial charge is 0.283 e. The molecule has 1 heterocycles. The first-order valence-corrected chi connectivity index (χ1v) is 10.1. The van der Waals surface area contributed by atoms with Gasteiger partial charge in [0.1, 0.15) is 11.5 Å². The molecule has 2 amide bonds. The molecule has 160 valence electrons. The van der Waals surface area contributed by atoms with Crippen LogP contribution in [0.1, 0.15) is 16.1 Å². The Kier molecular flexibility index (Phi) is 7.28. The van der Waals surface area contributed by atoms with Gasteiger partial charge in [0.15, 0.2) is 0 Å². The molecule has 0 radical (unpaired) electrons. The fourth-order valence-electron chi connectivity index (χ4n) is 2.66. The van der Waals surface area contributed by atoms with Crippen molar-refractivity contribution in [2.75, 3.05) is 18.2 Å². The summed E-state index contributed by atoms with van der Waals surface area (Å²) in [6.07, 6.45) is 1.51. The number of furan rings is 1. The van der Waals surface area contributed by atoms with E-state index in [1.54, 1.807) is 36.4 Å². The van der Waals surface area contributed by atoms with Crippen molar-refractivity contribution in [1.82, 2.24) is 5.32 Å². The summed E-state index contributed by atoms with van der Waals surface area (Å²) in [7, 11) is 1.48. The number of para-hydroxylation sites is 2. The molecule has 3 aromatic rings. The normalized spacial score (nSPS) is 10.4. The molecule has 0 bridgehead atoms. The van der Waals surface area contributed by atoms with Gasteiger partial charge in [0.25, 0.3) is 11.6 Å². The summed E-state index contributed by atoms with van der Waals surface area (Å²) < 4.78 is 10.3. The summed E-state index contributed by atoms with van der Waals surface area (Å²) in [6.45, 7) is 0.233. The maximum Gasteiger partial charge on any atom is 0.283 e. The number of rotatable bonds is 9. The molecule has 0 atom stereocenters. The highest BCUT2D eigenvalue weighted by molar-refractivity contribution is 8.00. The van der Waals surface area contributed by atoms with Crippen LogP contribution in [0.5, 0.6) is 5.75 Å². The molecule has 1 aromatic heterocycles. The number of anilines is 1. The van der Waals surface area contributed by atoms with E-state index in [0.717, 1.165) is 11.8 Å². The van der Waals surface area contributed by atoms with Gasteiger partial charge in [-0.3, -0.25) is 19.7 Å². The fourth-order valence-corrected chi connectivity index (χ4v) is 3.49. The van der Waals surface area contributed by atoms with Crippen LogP contribution in [0.4, 0.5) is 11.4 Å². The van der Waals surface area contributed by atoms with E-state index in [1.807, 2.05) is 0 Å². The molecule has 3 rings (SSSR count). The van der Waals surface area contributed by atoms with Crippen molar-refractivity contribution in [3.05, 3.63) is 82.3 Å². The van der Waals surface area contributed by atoms with Gasteiger partial charge >= 0.3 is 0 Å². The van der Waals surface area contributed by atoms with E-state index in [-0.39, 0.29) is 34.4 Å². The second-order valence-corrected chi connectivity index (χ2v) is 7.26. The molecule has 0 saturated heterocycles. The molecule has 0 aliphatic heterocycles. The number of benzene rings is 2. The van der Waals surface area contributed by atoms with Gasteiger partial charge < -0.3 is 19.8 Å². The summed E-state index contributed by atoms with van der Waals surface area (Å²) in [5, 5.41) is 16.9. The highest BCUT2D eigenvalue weighted by Crippen LogP contribution is 2.31. The number of nitrogens with one attached hydrogen (secondary N) is 2. The van der Waals surface area contributed by atoms with Crippen molar-refractivity contribution in [3.63, 3.8) is 0 Å². The molecule has 0 aliphatic carbocycles. The SMILES string of the molecule is COc1ccccc1NC(=O)c1ccc(SCC(=O)NCc2ccco2)c([N+](=O)[O-])c1. The quantitative estimate of drug-likeness (QED) is 0.294. The first-order valence-electron chi connectivity index (χ1n) is 9.12. The third kappa shape index (κ3) is 5.86. The Hall–Kier alpha value is -3.79. The summed E-state index contributed by atoms with van der Waals surface area (Å²) >= 11 is 1.02. The molecule has 0 aliphatic rings. The molecule has 0 spiro atoms. The van der Waals surface area contributed by atoms with Gasteiger partial charge in [-0.05, 0) is 36.4 Å². The maximum absolute atomic E-state index is 12.6. The molecular formula is C21H19N3O6S. The molecule has 2 N–H and O–H groups in total. The molecule has 0 fully saturated rings. The van der Waals surface area contributed by atoms with Crippen molar-refractivity contribution in [3.8, 4) is 5.75 Å². The predicted octanol–water partition coefficient (Wildman–Crippen LogP) is 3.86. The van der Waals surface area contributed by atoms with Crippen molar-refractivity contribution >= 4 is 35.0 Å². The second kappa shape index (κ2) is 10.3. The summed E-state index contributed by atoms with van der Waals surface area (Å²) in [5.74, 6) is 0.246. The van der Waals surface area contributed by atoms with Gasteiger partial charge in [-0.1, -0.05) is 12.1 Å². The number of nitro benzene ring substituents is 1. The minimum absolute atomic E-state index is 0.0195. The van der Waals surface area contributed by atoms with Crippen LogP contribution in [-0.4, -0.2) is 29.6 Å². The van der Waals surface area contributed by atoms with Gasteiger partial charge in [0.2, 0.25) is 5.91 Å². The standard InChI is InChI=1S/C21H19N3O6S/c1-29-18-7-3-2-6-16(18)23-21(26)14-8-9-19(17(11-14)24(27)28)31-13-20(25)22-12-15-5-4-10-30-15/h2-11H,12-13H2,1H3,(H,22,25)(H,23,26). The van der Waals surface area contributed by atoms with Crippen LogP contribution in [0, 0.1) is 10.1 Å². The van der Waals surface area contributed by atoms with Crippen molar-refractivity contribution in [2.45, 2.75) is 11.4 Å². The number of methoxy groups -OCH3 is 1. The third-order valence-corrected chi connectivity index (χ3v) is 5.23. The number of amides is 2. The van der Waals surface area contributed by atoms with Crippen LogP contribution in [0.15, 0.2) is 70.2 Å². The number of ether oxygens (including phenoxy) is 1. The molecule has 10 heteroatoms. The van der Waals surface area contributed by atoms with E-state index in [0.29, 0.717) is 17.2 Å². The van der Waals surface area contributed by atoms with Gasteiger partial charge in [-0.25, -0.2) is 0 Å². The lowest BCUT2D eigenvalue weighted by Crippen LogP contribution is -2.24. The van der Waals surface area contributed by atoms with E-state index in [9.17, 15) is 19.7 Å². The Morgan fingerprint density at radius 3 is 2.68 bits per heavy atom. The summed E-state index contributed by atoms with van der Waals surface area (Å²) in [5.41, 5.74) is 0.310. The largest absolute Gasteiger partial charge is 0.495 e. The van der Waals surface area contributed by atoms with Crippen LogP contribution in [0.25, 0.3) is 0 Å². The summed E-state index contributed by atoms with van der Waals surface area (Å²) in [6, 6.07) is 14.4. The highest BCUT2D eigenvalue weighted by atomic mass is 32.2. The molecule has 31 heavy (non-hydrogen) atoms. The highest BCUT2D eigenvalue weighted by Gasteiger charge is 2.19. The lowest BCUT2D eigenvalue weighted by atomic mass is 10.2. The lowest BCUT2D eigenvalue weighted by molar-refractivity contribution is -0.387. The second-order valence-electron chi connectivity index (χ2n) is 6.24. The number of nitrogens with zero attached hydrogens (tertiary/aromatic N) is 1. The molecular weight excluding hydrogens is 422 g/mol. The number of nitro groups is 1. The zero-order valence-electron chi connectivity index (χ0n) is 16.5. The number of thioether (sulfide) groups is 1. The zero-order valence-corrected chi connectivity index (χ0v) is 17.3. The Labute approximate surface area is 181 Å². The topological polar surface area (TPSA) is 124 Å².